The predicted molar refractivity (Wildman–Crippen MR) is 135 cm³/mol. The molecule has 202 valence electrons. The molecule has 0 unspecified atom stereocenters. The molecule has 3 atom stereocenters. The van der Waals surface area contributed by atoms with Crippen LogP contribution in [-0.4, -0.2) is 81.5 Å². The van der Waals surface area contributed by atoms with Gasteiger partial charge in [0, 0.05) is 50.8 Å². The number of likely N-dealkylation sites (tertiary alicyclic amines) is 1. The number of hydrogen-bond donors (Lipinski definition) is 5. The number of phenols is 1. The number of benzene rings is 1. The van der Waals surface area contributed by atoms with E-state index in [0.29, 0.717) is 24.3 Å². The Morgan fingerprint density at radius 1 is 1.08 bits per heavy atom. The van der Waals surface area contributed by atoms with E-state index in [9.17, 15) is 39.6 Å². The van der Waals surface area contributed by atoms with Gasteiger partial charge in [0.05, 0.1) is 11.1 Å². The van der Waals surface area contributed by atoms with E-state index in [4.69, 9.17) is 5.73 Å². The fourth-order valence-electron chi connectivity index (χ4n) is 6.50. The number of piperidine rings is 1. The molecular formula is C27H31N3O8. The van der Waals surface area contributed by atoms with E-state index < -0.39 is 63.7 Å². The number of phenolic OH excluding ortho intramolecular Hbond substituents is 1. The van der Waals surface area contributed by atoms with Crippen molar-refractivity contribution in [2.75, 3.05) is 32.1 Å². The van der Waals surface area contributed by atoms with Crippen LogP contribution in [-0.2, 0) is 16.0 Å². The Morgan fingerprint density at radius 2 is 1.74 bits per heavy atom. The summed E-state index contributed by atoms with van der Waals surface area (Å²) in [6, 6.07) is 1.57. The molecule has 1 heterocycles. The molecule has 5 rings (SSSR count). The molecule has 0 bridgehead atoms. The summed E-state index contributed by atoms with van der Waals surface area (Å²) in [6.45, 7) is 1.07. The quantitative estimate of drug-likeness (QED) is 0.363. The number of nitrogens with zero attached hydrogens (tertiary/aromatic N) is 2. The Labute approximate surface area is 218 Å². The van der Waals surface area contributed by atoms with Gasteiger partial charge in [0.15, 0.2) is 11.4 Å². The van der Waals surface area contributed by atoms with Crippen molar-refractivity contribution in [3.8, 4) is 5.75 Å². The van der Waals surface area contributed by atoms with Crippen molar-refractivity contribution in [3.63, 3.8) is 0 Å². The number of aliphatic hydroxyl groups excluding tert-OH is 2. The maximum atomic E-state index is 13.9. The summed E-state index contributed by atoms with van der Waals surface area (Å²) in [4.78, 5) is 55.6. The minimum absolute atomic E-state index is 0.0359. The molecule has 0 spiro atoms. The van der Waals surface area contributed by atoms with Crippen LogP contribution in [0.4, 0.5) is 5.69 Å². The highest BCUT2D eigenvalue weighted by Crippen LogP contribution is 2.52. The van der Waals surface area contributed by atoms with Gasteiger partial charge in [-0.3, -0.25) is 19.2 Å². The zero-order valence-corrected chi connectivity index (χ0v) is 21.3. The first-order valence-corrected chi connectivity index (χ1v) is 12.7. The average molecular weight is 526 g/mol. The molecule has 11 heteroatoms. The van der Waals surface area contributed by atoms with Gasteiger partial charge in [-0.1, -0.05) is 0 Å². The van der Waals surface area contributed by atoms with Crippen molar-refractivity contribution in [1.82, 2.24) is 4.90 Å². The van der Waals surface area contributed by atoms with Gasteiger partial charge >= 0.3 is 0 Å². The lowest BCUT2D eigenvalue weighted by Gasteiger charge is -2.46. The molecule has 1 aromatic carbocycles. The largest absolute Gasteiger partial charge is 0.511 e. The third kappa shape index (κ3) is 3.52. The van der Waals surface area contributed by atoms with Gasteiger partial charge in [0.25, 0.3) is 11.8 Å². The molecule has 6 N–H and O–H groups in total. The second kappa shape index (κ2) is 8.87. The van der Waals surface area contributed by atoms with Crippen LogP contribution < -0.4 is 10.6 Å². The number of carbonyl (C=O) groups is 4. The summed E-state index contributed by atoms with van der Waals surface area (Å²) in [5, 5.41) is 44.2. The Morgan fingerprint density at radius 3 is 2.34 bits per heavy atom. The van der Waals surface area contributed by atoms with Crippen molar-refractivity contribution in [2.45, 2.75) is 44.1 Å². The van der Waals surface area contributed by atoms with Crippen LogP contribution >= 0.6 is 0 Å². The highest BCUT2D eigenvalue weighted by atomic mass is 16.3. The van der Waals surface area contributed by atoms with E-state index in [1.54, 1.807) is 30.0 Å². The minimum Gasteiger partial charge on any atom is -0.511 e. The van der Waals surface area contributed by atoms with Gasteiger partial charge in [-0.2, -0.15) is 0 Å². The van der Waals surface area contributed by atoms with Gasteiger partial charge in [0.1, 0.15) is 22.8 Å². The first-order valence-electron chi connectivity index (χ1n) is 12.7. The molecule has 0 aromatic heterocycles. The molecule has 1 aromatic rings. The van der Waals surface area contributed by atoms with E-state index >= 15 is 0 Å². The van der Waals surface area contributed by atoms with E-state index in [2.05, 4.69) is 0 Å². The Balaban J connectivity index is 1.67. The van der Waals surface area contributed by atoms with Crippen LogP contribution in [0.1, 0.15) is 58.4 Å². The normalized spacial score (nSPS) is 27.1. The maximum absolute atomic E-state index is 13.9. The lowest BCUT2D eigenvalue weighted by molar-refractivity contribution is -0.144. The van der Waals surface area contributed by atoms with E-state index in [-0.39, 0.29) is 36.0 Å². The number of allylic oxidation sites excluding steroid dienone is 2. The molecular weight excluding hydrogens is 494 g/mol. The third-order valence-electron chi connectivity index (χ3n) is 8.39. The van der Waals surface area contributed by atoms with Crippen LogP contribution in [0, 0.1) is 11.8 Å². The number of ketones is 2. The molecule has 0 radical (unpaired) electrons. The van der Waals surface area contributed by atoms with Gasteiger partial charge in [-0.05, 0) is 49.7 Å². The SMILES string of the molecule is CN(C)c1cc(C(=O)N2CCCCC2)c(O)c2c1C[C@H]1C[C@H]3CC(O)=C(C(N)=O)C(=O)[C@@]3(O)C(O)=C1C2=O. The second-order valence-electron chi connectivity index (χ2n) is 10.8. The highest BCUT2D eigenvalue weighted by molar-refractivity contribution is 6.24. The van der Waals surface area contributed by atoms with Gasteiger partial charge in [-0.25, -0.2) is 0 Å². The smallest absolute Gasteiger partial charge is 0.257 e. The number of fused-ring (bicyclic) bond motifs is 3. The van der Waals surface area contributed by atoms with Crippen molar-refractivity contribution in [3.05, 3.63) is 45.4 Å². The summed E-state index contributed by atoms with van der Waals surface area (Å²) in [6.07, 6.45) is 2.61. The number of aliphatic hydroxyl groups is 3. The first kappa shape index (κ1) is 25.8. The fraction of sp³-hybridized carbons (Fsp3) is 0.481. The average Bonchev–Trinajstić information content (AvgIpc) is 2.86. The van der Waals surface area contributed by atoms with Crippen molar-refractivity contribution in [2.24, 2.45) is 17.6 Å². The van der Waals surface area contributed by atoms with E-state index in [0.717, 1.165) is 19.3 Å². The number of nitrogens with two attached hydrogens (primary N) is 1. The number of primary amides is 1. The van der Waals surface area contributed by atoms with Crippen molar-refractivity contribution in [1.29, 1.82) is 0 Å². The topological polar surface area (TPSA) is 182 Å². The van der Waals surface area contributed by atoms with Gasteiger partial charge < -0.3 is 36.0 Å². The summed E-state index contributed by atoms with van der Waals surface area (Å²) in [5.74, 6) is -7.37. The van der Waals surface area contributed by atoms with E-state index in [1.165, 1.54) is 0 Å². The Bertz CT molecular complexity index is 1350. The molecule has 1 fully saturated rings. The number of hydrogen-bond acceptors (Lipinski definition) is 9. The molecule has 11 nitrogen and oxygen atoms in total. The minimum atomic E-state index is -2.63. The van der Waals surface area contributed by atoms with Gasteiger partial charge in [-0.15, -0.1) is 0 Å². The number of anilines is 1. The second-order valence-corrected chi connectivity index (χ2v) is 10.8. The standard InChI is InChI=1S/C27H31N3O8/c1-29(2)16-11-15(26(37)30-6-4-3-5-7-30)21(32)19-14(16)9-12-8-13-10-17(31)20(25(28)36)24(35)27(13,38)23(34)18(12)22(19)33/h11-13,31-32,34,38H,3-10H2,1-2H3,(H2,28,36)/t12-,13+,27+/m1/s1. The van der Waals surface area contributed by atoms with Crippen molar-refractivity contribution >= 4 is 29.1 Å². The monoisotopic (exact) mass is 525 g/mol. The maximum Gasteiger partial charge on any atom is 0.257 e. The highest BCUT2D eigenvalue weighted by Gasteiger charge is 2.59. The lowest BCUT2D eigenvalue weighted by atomic mass is 9.60. The third-order valence-corrected chi connectivity index (χ3v) is 8.39. The zero-order valence-electron chi connectivity index (χ0n) is 21.3. The first-order chi connectivity index (χ1) is 17.9. The molecule has 1 aliphatic heterocycles. The number of Topliss-reactive ketones (excluding diaryl/α,β-unsaturated/α-hetero) is 2. The number of carbonyl (C=O) groups excluding carboxylic acids is 4. The van der Waals surface area contributed by atoms with Crippen LogP contribution in [0.5, 0.6) is 5.75 Å². The molecule has 1 saturated heterocycles. The van der Waals surface area contributed by atoms with E-state index in [1.807, 2.05) is 0 Å². The molecule has 4 aliphatic rings. The number of rotatable bonds is 3. The zero-order chi connectivity index (χ0) is 27.7. The van der Waals surface area contributed by atoms with Crippen LogP contribution in [0.2, 0.25) is 0 Å². The lowest BCUT2D eigenvalue weighted by Crippen LogP contribution is -2.57. The molecule has 0 saturated carbocycles. The summed E-state index contributed by atoms with van der Waals surface area (Å²) < 4.78 is 0. The summed E-state index contributed by atoms with van der Waals surface area (Å²) >= 11 is 0. The van der Waals surface area contributed by atoms with Crippen LogP contribution in [0.15, 0.2) is 28.7 Å². The van der Waals surface area contributed by atoms with Crippen LogP contribution in [0.25, 0.3) is 0 Å². The predicted octanol–water partition coefficient (Wildman–Crippen LogP) is 1.27. The Hall–Kier alpha value is -3.86. The van der Waals surface area contributed by atoms with Gasteiger partial charge in [0.2, 0.25) is 5.78 Å². The molecule has 2 amide bonds. The fourth-order valence-corrected chi connectivity index (χ4v) is 6.50. The molecule has 38 heavy (non-hydrogen) atoms. The van der Waals surface area contributed by atoms with Crippen molar-refractivity contribution < 1.29 is 39.6 Å². The summed E-state index contributed by atoms with van der Waals surface area (Å²) in [7, 11) is 3.51. The Kier molecular flexibility index (Phi) is 6.01. The van der Waals surface area contributed by atoms with Crippen LogP contribution in [0.3, 0.4) is 0 Å². The summed E-state index contributed by atoms with van der Waals surface area (Å²) in [5.41, 5.74) is 2.40. The molecule has 3 aliphatic carbocycles. The number of amides is 2. The number of aromatic hydroxyl groups is 1.